The molecule has 7 heteroatoms. The Balaban J connectivity index is 2.16. The largest absolute Gasteiger partial charge is 0.314 e. The summed E-state index contributed by atoms with van der Waals surface area (Å²) < 4.78 is 27.0. The molecule has 0 amide bonds. The first-order valence-electron chi connectivity index (χ1n) is 6.35. The van der Waals surface area contributed by atoms with Crippen LogP contribution in [0.4, 0.5) is 0 Å². The van der Waals surface area contributed by atoms with E-state index in [2.05, 4.69) is 10.3 Å². The van der Waals surface area contributed by atoms with Crippen LogP contribution in [0.5, 0.6) is 0 Å². The van der Waals surface area contributed by atoms with Crippen molar-refractivity contribution in [2.24, 2.45) is 0 Å². The van der Waals surface area contributed by atoms with Crippen LogP contribution >= 0.6 is 11.6 Å². The monoisotopic (exact) mass is 311 g/mol. The van der Waals surface area contributed by atoms with Crippen LogP contribution < -0.4 is 5.32 Å². The van der Waals surface area contributed by atoms with Gasteiger partial charge in [0.1, 0.15) is 5.15 Å². The lowest BCUT2D eigenvalue weighted by Crippen LogP contribution is -2.46. The van der Waals surface area contributed by atoms with Gasteiger partial charge in [0.15, 0.2) is 0 Å². The zero-order chi connectivity index (χ0) is 14.2. The molecule has 0 atom stereocenters. The van der Waals surface area contributed by atoms with E-state index in [0.717, 1.165) is 0 Å². The Morgan fingerprint density at radius 3 is 2.65 bits per heavy atom. The van der Waals surface area contributed by atoms with Crippen LogP contribution in [-0.2, 0) is 10.0 Å². The summed E-state index contributed by atoms with van der Waals surface area (Å²) in [5, 5.41) is 4.74. The van der Waals surface area contributed by atoms with Crippen molar-refractivity contribution < 1.29 is 8.42 Å². The van der Waals surface area contributed by atoms with Gasteiger partial charge in [-0.1, -0.05) is 23.7 Å². The van der Waals surface area contributed by atoms with Crippen molar-refractivity contribution in [2.45, 2.75) is 4.90 Å². The Kier molecular flexibility index (Phi) is 3.64. The SMILES string of the molecule is O=S(=O)(c1cccc2c(Cl)nccc12)N1CCNCC1. The molecule has 20 heavy (non-hydrogen) atoms. The van der Waals surface area contributed by atoms with E-state index in [1.165, 1.54) is 10.5 Å². The molecule has 1 aromatic heterocycles. The van der Waals surface area contributed by atoms with E-state index in [9.17, 15) is 8.42 Å². The van der Waals surface area contributed by atoms with Crippen molar-refractivity contribution in [3.8, 4) is 0 Å². The average Bonchev–Trinajstić information content (AvgIpc) is 2.48. The van der Waals surface area contributed by atoms with Gasteiger partial charge in [-0.25, -0.2) is 13.4 Å². The molecule has 0 radical (unpaired) electrons. The number of rotatable bonds is 2. The summed E-state index contributed by atoms with van der Waals surface area (Å²) in [6, 6.07) is 6.79. The highest BCUT2D eigenvalue weighted by Crippen LogP contribution is 2.28. The molecule has 0 aliphatic carbocycles. The summed E-state index contributed by atoms with van der Waals surface area (Å²) in [6.07, 6.45) is 1.53. The second-order valence-electron chi connectivity index (χ2n) is 4.61. The van der Waals surface area contributed by atoms with Crippen molar-refractivity contribution in [3.05, 3.63) is 35.6 Å². The number of benzene rings is 1. The average molecular weight is 312 g/mol. The molecule has 0 saturated carbocycles. The Morgan fingerprint density at radius 2 is 1.90 bits per heavy atom. The van der Waals surface area contributed by atoms with Crippen molar-refractivity contribution in [2.75, 3.05) is 26.2 Å². The van der Waals surface area contributed by atoms with Gasteiger partial charge in [-0.05, 0) is 12.1 Å². The van der Waals surface area contributed by atoms with E-state index in [-0.39, 0.29) is 0 Å². The summed E-state index contributed by atoms with van der Waals surface area (Å²) >= 11 is 6.04. The van der Waals surface area contributed by atoms with E-state index in [1.807, 2.05) is 0 Å². The lowest BCUT2D eigenvalue weighted by atomic mass is 10.2. The molecule has 3 rings (SSSR count). The molecule has 1 N–H and O–H groups in total. The van der Waals surface area contributed by atoms with Gasteiger partial charge in [0.25, 0.3) is 0 Å². The predicted octanol–water partition coefficient (Wildman–Crippen LogP) is 1.48. The highest BCUT2D eigenvalue weighted by molar-refractivity contribution is 7.89. The summed E-state index contributed by atoms with van der Waals surface area (Å²) in [7, 11) is -3.50. The van der Waals surface area contributed by atoms with Crippen LogP contribution in [0.15, 0.2) is 35.4 Å². The van der Waals surface area contributed by atoms with Gasteiger partial charge in [-0.2, -0.15) is 4.31 Å². The van der Waals surface area contributed by atoms with Crippen LogP contribution in [0.1, 0.15) is 0 Å². The second kappa shape index (κ2) is 5.29. The smallest absolute Gasteiger partial charge is 0.243 e. The number of aromatic nitrogens is 1. The third-order valence-corrected chi connectivity index (χ3v) is 5.67. The minimum absolute atomic E-state index is 0.293. The molecule has 1 aromatic carbocycles. The van der Waals surface area contributed by atoms with E-state index < -0.39 is 10.0 Å². The van der Waals surface area contributed by atoms with Crippen LogP contribution in [0.25, 0.3) is 10.8 Å². The topological polar surface area (TPSA) is 62.3 Å². The van der Waals surface area contributed by atoms with Gasteiger partial charge < -0.3 is 5.32 Å². The Hall–Kier alpha value is -1.21. The van der Waals surface area contributed by atoms with Crippen LogP contribution in [0, 0.1) is 0 Å². The maximum atomic E-state index is 12.7. The molecule has 106 valence electrons. The number of halogens is 1. The van der Waals surface area contributed by atoms with E-state index in [0.29, 0.717) is 47.0 Å². The van der Waals surface area contributed by atoms with Gasteiger partial charge in [0, 0.05) is 43.1 Å². The standard InChI is InChI=1S/C13H14ClN3O2S/c14-13-11-2-1-3-12(10(11)4-5-16-13)20(18,19)17-8-6-15-7-9-17/h1-5,15H,6-9H2. The molecule has 2 aromatic rings. The van der Waals surface area contributed by atoms with Gasteiger partial charge >= 0.3 is 0 Å². The Labute approximate surface area is 122 Å². The van der Waals surface area contributed by atoms with Crippen molar-refractivity contribution in [1.29, 1.82) is 0 Å². The minimum atomic E-state index is -3.50. The number of fused-ring (bicyclic) bond motifs is 1. The fraction of sp³-hybridized carbons (Fsp3) is 0.308. The maximum absolute atomic E-state index is 12.7. The zero-order valence-electron chi connectivity index (χ0n) is 10.7. The quantitative estimate of drug-likeness (QED) is 0.853. The number of hydrogen-bond acceptors (Lipinski definition) is 4. The van der Waals surface area contributed by atoms with Gasteiger partial charge in [-0.3, -0.25) is 0 Å². The van der Waals surface area contributed by atoms with Gasteiger partial charge in [-0.15, -0.1) is 0 Å². The number of hydrogen-bond donors (Lipinski definition) is 1. The predicted molar refractivity (Wildman–Crippen MR) is 78.4 cm³/mol. The minimum Gasteiger partial charge on any atom is -0.314 e. The van der Waals surface area contributed by atoms with Crippen molar-refractivity contribution in [3.63, 3.8) is 0 Å². The first-order valence-corrected chi connectivity index (χ1v) is 8.16. The third kappa shape index (κ3) is 2.29. The fourth-order valence-electron chi connectivity index (χ4n) is 2.39. The van der Waals surface area contributed by atoms with Crippen LogP contribution in [-0.4, -0.2) is 43.9 Å². The molecule has 2 heterocycles. The number of piperazine rings is 1. The van der Waals surface area contributed by atoms with Crippen LogP contribution in [0.2, 0.25) is 5.15 Å². The molecular formula is C13H14ClN3O2S. The maximum Gasteiger partial charge on any atom is 0.243 e. The van der Waals surface area contributed by atoms with Gasteiger partial charge in [0.2, 0.25) is 10.0 Å². The molecule has 0 spiro atoms. The number of sulfonamides is 1. The molecule has 0 unspecified atom stereocenters. The van der Waals surface area contributed by atoms with E-state index in [4.69, 9.17) is 11.6 Å². The van der Waals surface area contributed by atoms with Crippen LogP contribution in [0.3, 0.4) is 0 Å². The third-order valence-electron chi connectivity index (χ3n) is 3.41. The Morgan fingerprint density at radius 1 is 1.15 bits per heavy atom. The lowest BCUT2D eigenvalue weighted by molar-refractivity contribution is 0.360. The first-order chi connectivity index (χ1) is 9.60. The highest BCUT2D eigenvalue weighted by Gasteiger charge is 2.27. The Bertz CT molecular complexity index is 742. The normalized spacial score (nSPS) is 17.4. The van der Waals surface area contributed by atoms with Crippen molar-refractivity contribution >= 4 is 32.4 Å². The number of nitrogens with one attached hydrogen (secondary N) is 1. The lowest BCUT2D eigenvalue weighted by Gasteiger charge is -2.27. The summed E-state index contributed by atoms with van der Waals surface area (Å²) in [5.74, 6) is 0. The summed E-state index contributed by atoms with van der Waals surface area (Å²) in [6.45, 7) is 2.31. The summed E-state index contributed by atoms with van der Waals surface area (Å²) in [5.41, 5.74) is 0. The molecular weight excluding hydrogens is 298 g/mol. The number of nitrogens with zero attached hydrogens (tertiary/aromatic N) is 2. The summed E-state index contributed by atoms with van der Waals surface area (Å²) in [4.78, 5) is 4.28. The van der Waals surface area contributed by atoms with Gasteiger partial charge in [0.05, 0.1) is 4.90 Å². The second-order valence-corrected chi connectivity index (χ2v) is 6.87. The molecule has 1 fully saturated rings. The number of pyridine rings is 1. The molecule has 0 bridgehead atoms. The highest BCUT2D eigenvalue weighted by atomic mass is 35.5. The van der Waals surface area contributed by atoms with E-state index >= 15 is 0 Å². The molecule has 1 aliphatic heterocycles. The fourth-order valence-corrected chi connectivity index (χ4v) is 4.26. The van der Waals surface area contributed by atoms with E-state index in [1.54, 1.807) is 24.3 Å². The molecule has 1 saturated heterocycles. The van der Waals surface area contributed by atoms with Crippen molar-refractivity contribution in [1.82, 2.24) is 14.6 Å². The molecule has 1 aliphatic rings. The first kappa shape index (κ1) is 13.8. The molecule has 5 nitrogen and oxygen atoms in total. The zero-order valence-corrected chi connectivity index (χ0v) is 12.3.